The van der Waals surface area contributed by atoms with Gasteiger partial charge in [0.15, 0.2) is 11.5 Å². The molecule has 4 heteroatoms. The Morgan fingerprint density at radius 1 is 1.06 bits per heavy atom. The number of nitrogens with zero attached hydrogens (tertiary/aromatic N) is 1. The molecule has 4 nitrogen and oxygen atoms in total. The van der Waals surface area contributed by atoms with Crippen molar-refractivity contribution in [3.05, 3.63) is 48.2 Å². The number of aromatic nitrogens is 1. The lowest BCUT2D eigenvalue weighted by molar-refractivity contribution is 0.435. The third kappa shape index (κ3) is 1.68. The maximum atomic E-state index is 5.85. The first kappa shape index (κ1) is 10.7. The first-order chi connectivity index (χ1) is 8.75. The van der Waals surface area contributed by atoms with Gasteiger partial charge in [-0.2, -0.15) is 0 Å². The summed E-state index contributed by atoms with van der Waals surface area (Å²) in [5.74, 6) is 1.78. The van der Waals surface area contributed by atoms with Crippen molar-refractivity contribution < 1.29 is 8.94 Å². The number of rotatable bonds is 2. The van der Waals surface area contributed by atoms with Crippen LogP contribution in [-0.4, -0.2) is 5.16 Å². The van der Waals surface area contributed by atoms with Crippen molar-refractivity contribution >= 4 is 5.88 Å². The molecular formula is C14H12N2O2. The lowest BCUT2D eigenvalue weighted by Crippen LogP contribution is -1.86. The summed E-state index contributed by atoms with van der Waals surface area (Å²) in [7, 11) is 0. The van der Waals surface area contributed by atoms with Gasteiger partial charge in [-0.05, 0) is 24.6 Å². The van der Waals surface area contributed by atoms with Crippen molar-refractivity contribution in [1.82, 2.24) is 5.16 Å². The van der Waals surface area contributed by atoms with Gasteiger partial charge in [0.25, 0.3) is 0 Å². The van der Waals surface area contributed by atoms with Crippen LogP contribution in [0.25, 0.3) is 22.6 Å². The molecule has 0 fully saturated rings. The molecule has 0 saturated heterocycles. The van der Waals surface area contributed by atoms with Crippen LogP contribution in [0.15, 0.2) is 51.4 Å². The predicted molar refractivity (Wildman–Crippen MR) is 68.8 cm³/mol. The summed E-state index contributed by atoms with van der Waals surface area (Å²) < 4.78 is 10.6. The van der Waals surface area contributed by atoms with E-state index in [-0.39, 0.29) is 0 Å². The van der Waals surface area contributed by atoms with E-state index in [0.717, 1.165) is 16.9 Å². The van der Waals surface area contributed by atoms with E-state index >= 15 is 0 Å². The van der Waals surface area contributed by atoms with Gasteiger partial charge in [-0.1, -0.05) is 35.5 Å². The first-order valence-corrected chi connectivity index (χ1v) is 5.63. The van der Waals surface area contributed by atoms with E-state index < -0.39 is 0 Å². The largest absolute Gasteiger partial charge is 0.460 e. The molecule has 2 aromatic heterocycles. The zero-order valence-corrected chi connectivity index (χ0v) is 9.88. The standard InChI is InChI=1S/C14H12N2O2/c1-9-7-8-11(17-9)13-12(14(15)18-16-13)10-5-3-2-4-6-10/h2-8H,15H2,1H3. The Morgan fingerprint density at radius 3 is 2.50 bits per heavy atom. The summed E-state index contributed by atoms with van der Waals surface area (Å²) in [4.78, 5) is 0. The molecule has 1 aromatic carbocycles. The Balaban J connectivity index is 2.18. The Bertz CT molecular complexity index is 668. The van der Waals surface area contributed by atoms with E-state index in [4.69, 9.17) is 14.7 Å². The van der Waals surface area contributed by atoms with Gasteiger partial charge in [0.05, 0.1) is 5.56 Å². The van der Waals surface area contributed by atoms with Gasteiger partial charge < -0.3 is 14.7 Å². The van der Waals surface area contributed by atoms with Crippen LogP contribution in [0.4, 0.5) is 5.88 Å². The summed E-state index contributed by atoms with van der Waals surface area (Å²) in [6.45, 7) is 1.88. The second-order valence-electron chi connectivity index (χ2n) is 4.05. The highest BCUT2D eigenvalue weighted by Crippen LogP contribution is 2.36. The van der Waals surface area contributed by atoms with Crippen molar-refractivity contribution in [3.8, 4) is 22.6 Å². The molecule has 0 unspecified atom stereocenters. The van der Waals surface area contributed by atoms with Crippen molar-refractivity contribution in [1.29, 1.82) is 0 Å². The number of aryl methyl sites for hydroxylation is 1. The van der Waals surface area contributed by atoms with Crippen molar-refractivity contribution in [2.75, 3.05) is 5.73 Å². The Labute approximate surface area is 104 Å². The molecule has 3 rings (SSSR count). The highest BCUT2D eigenvalue weighted by molar-refractivity contribution is 5.85. The smallest absolute Gasteiger partial charge is 0.230 e. The average Bonchev–Trinajstić information content (AvgIpc) is 2.96. The summed E-state index contributed by atoms with van der Waals surface area (Å²) in [6.07, 6.45) is 0. The molecular weight excluding hydrogens is 228 g/mol. The molecule has 0 radical (unpaired) electrons. The van der Waals surface area contributed by atoms with Crippen LogP contribution in [0, 0.1) is 6.92 Å². The number of hydrogen-bond donors (Lipinski definition) is 1. The van der Waals surface area contributed by atoms with Gasteiger partial charge in [0, 0.05) is 0 Å². The third-order valence-corrected chi connectivity index (χ3v) is 2.75. The number of furan rings is 1. The molecule has 18 heavy (non-hydrogen) atoms. The summed E-state index contributed by atoms with van der Waals surface area (Å²) >= 11 is 0. The van der Waals surface area contributed by atoms with E-state index in [9.17, 15) is 0 Å². The van der Waals surface area contributed by atoms with Crippen molar-refractivity contribution in [3.63, 3.8) is 0 Å². The molecule has 0 amide bonds. The second kappa shape index (κ2) is 4.07. The minimum absolute atomic E-state index is 0.297. The van der Waals surface area contributed by atoms with E-state index in [1.807, 2.05) is 49.4 Å². The monoisotopic (exact) mass is 240 g/mol. The fourth-order valence-corrected chi connectivity index (χ4v) is 1.92. The van der Waals surface area contributed by atoms with E-state index in [0.29, 0.717) is 17.3 Å². The molecule has 0 aliphatic carbocycles. The minimum Gasteiger partial charge on any atom is -0.460 e. The molecule has 0 spiro atoms. The van der Waals surface area contributed by atoms with Crippen LogP contribution in [0.1, 0.15) is 5.76 Å². The van der Waals surface area contributed by atoms with Crippen LogP contribution in [0.3, 0.4) is 0 Å². The van der Waals surface area contributed by atoms with E-state index in [1.165, 1.54) is 0 Å². The molecule has 0 saturated carbocycles. The molecule has 0 aliphatic rings. The van der Waals surface area contributed by atoms with E-state index in [2.05, 4.69) is 5.16 Å². The van der Waals surface area contributed by atoms with Crippen molar-refractivity contribution in [2.45, 2.75) is 6.92 Å². The van der Waals surface area contributed by atoms with Crippen LogP contribution in [-0.2, 0) is 0 Å². The quantitative estimate of drug-likeness (QED) is 0.744. The Morgan fingerprint density at radius 2 is 1.83 bits per heavy atom. The van der Waals surface area contributed by atoms with Crippen molar-refractivity contribution in [2.24, 2.45) is 0 Å². The van der Waals surface area contributed by atoms with Gasteiger partial charge >= 0.3 is 0 Å². The highest BCUT2D eigenvalue weighted by atomic mass is 16.5. The fourth-order valence-electron chi connectivity index (χ4n) is 1.92. The third-order valence-electron chi connectivity index (χ3n) is 2.75. The molecule has 3 aromatic rings. The molecule has 0 aliphatic heterocycles. The first-order valence-electron chi connectivity index (χ1n) is 5.63. The summed E-state index contributed by atoms with van der Waals surface area (Å²) in [6, 6.07) is 13.5. The van der Waals surface area contributed by atoms with Crippen LogP contribution >= 0.6 is 0 Å². The van der Waals surface area contributed by atoms with Crippen LogP contribution in [0.5, 0.6) is 0 Å². The zero-order chi connectivity index (χ0) is 12.5. The number of nitrogen functional groups attached to an aromatic ring is 1. The van der Waals surface area contributed by atoms with Crippen LogP contribution in [0.2, 0.25) is 0 Å². The fraction of sp³-hybridized carbons (Fsp3) is 0.0714. The van der Waals surface area contributed by atoms with E-state index in [1.54, 1.807) is 0 Å². The summed E-state index contributed by atoms with van der Waals surface area (Å²) in [5, 5.41) is 3.98. The molecule has 90 valence electrons. The molecule has 2 heterocycles. The van der Waals surface area contributed by atoms with Gasteiger partial charge in [-0.15, -0.1) is 0 Å². The SMILES string of the molecule is Cc1ccc(-c2noc(N)c2-c2ccccc2)o1. The highest BCUT2D eigenvalue weighted by Gasteiger charge is 2.19. The summed E-state index contributed by atoms with van der Waals surface area (Å²) in [5.41, 5.74) is 8.21. The molecule has 2 N–H and O–H groups in total. The lowest BCUT2D eigenvalue weighted by atomic mass is 10.0. The maximum Gasteiger partial charge on any atom is 0.230 e. The van der Waals surface area contributed by atoms with Gasteiger partial charge in [-0.25, -0.2) is 0 Å². The predicted octanol–water partition coefficient (Wildman–Crippen LogP) is 3.49. The number of hydrogen-bond acceptors (Lipinski definition) is 4. The number of benzene rings is 1. The second-order valence-corrected chi connectivity index (χ2v) is 4.05. The normalized spacial score (nSPS) is 10.7. The topological polar surface area (TPSA) is 65.2 Å². The molecule has 0 atom stereocenters. The number of anilines is 1. The van der Waals surface area contributed by atoms with Gasteiger partial charge in [0.1, 0.15) is 5.76 Å². The Hall–Kier alpha value is -2.49. The van der Waals surface area contributed by atoms with Gasteiger partial charge in [-0.3, -0.25) is 0 Å². The van der Waals surface area contributed by atoms with Gasteiger partial charge in [0.2, 0.25) is 5.88 Å². The average molecular weight is 240 g/mol. The number of nitrogens with two attached hydrogens (primary N) is 1. The lowest BCUT2D eigenvalue weighted by Gasteiger charge is -1.99. The van der Waals surface area contributed by atoms with Crippen LogP contribution < -0.4 is 5.73 Å². The maximum absolute atomic E-state index is 5.85. The Kier molecular flexibility index (Phi) is 2.41. The zero-order valence-electron chi connectivity index (χ0n) is 9.88. The minimum atomic E-state index is 0.297. The molecule has 0 bridgehead atoms.